The Kier molecular flexibility index (Phi) is 7.63. The SMILES string of the molecule is CC(C)c1c(C(=O)N(C)C)sc2ncnc(N3CCC(COCCN4CCCC4)CC3)c12. The summed E-state index contributed by atoms with van der Waals surface area (Å²) in [5.74, 6) is 1.88. The summed E-state index contributed by atoms with van der Waals surface area (Å²) in [6.45, 7) is 11.5. The molecular formula is C24H37N5O2S. The summed E-state index contributed by atoms with van der Waals surface area (Å²) in [4.78, 5) is 30.3. The molecule has 4 rings (SSSR count). The van der Waals surface area contributed by atoms with Gasteiger partial charge in [0.25, 0.3) is 5.91 Å². The molecule has 0 unspecified atom stereocenters. The van der Waals surface area contributed by atoms with Crippen LogP contribution in [0.4, 0.5) is 5.82 Å². The minimum Gasteiger partial charge on any atom is -0.380 e. The Bertz CT molecular complexity index is 914. The van der Waals surface area contributed by atoms with E-state index < -0.39 is 0 Å². The van der Waals surface area contributed by atoms with E-state index in [1.54, 1.807) is 25.3 Å². The molecule has 2 saturated heterocycles. The van der Waals surface area contributed by atoms with Crippen molar-refractivity contribution in [3.05, 3.63) is 16.8 Å². The first-order valence-corrected chi connectivity index (χ1v) is 12.8. The van der Waals surface area contributed by atoms with E-state index in [0.29, 0.717) is 5.92 Å². The fourth-order valence-electron chi connectivity index (χ4n) is 4.85. The maximum absolute atomic E-state index is 12.8. The van der Waals surface area contributed by atoms with Crippen molar-refractivity contribution in [3.63, 3.8) is 0 Å². The van der Waals surface area contributed by atoms with Gasteiger partial charge in [0.2, 0.25) is 0 Å². The van der Waals surface area contributed by atoms with Crippen molar-refractivity contribution in [3.8, 4) is 0 Å². The Labute approximate surface area is 195 Å². The van der Waals surface area contributed by atoms with E-state index >= 15 is 0 Å². The third kappa shape index (κ3) is 5.07. The minimum atomic E-state index is 0.0486. The van der Waals surface area contributed by atoms with E-state index in [2.05, 4.69) is 28.6 Å². The number of amides is 1. The first-order valence-electron chi connectivity index (χ1n) is 12.0. The largest absolute Gasteiger partial charge is 0.380 e. The molecule has 0 radical (unpaired) electrons. The normalized spacial score (nSPS) is 18.2. The third-order valence-corrected chi connectivity index (χ3v) is 7.80. The van der Waals surface area contributed by atoms with Crippen molar-refractivity contribution in [2.75, 3.05) is 64.9 Å². The topological polar surface area (TPSA) is 61.8 Å². The van der Waals surface area contributed by atoms with Gasteiger partial charge >= 0.3 is 0 Å². The van der Waals surface area contributed by atoms with E-state index in [0.717, 1.165) is 72.2 Å². The molecule has 7 nitrogen and oxygen atoms in total. The first kappa shape index (κ1) is 23.4. The summed E-state index contributed by atoms with van der Waals surface area (Å²) in [6, 6.07) is 0. The Morgan fingerprint density at radius 1 is 1.19 bits per heavy atom. The van der Waals surface area contributed by atoms with Gasteiger partial charge < -0.3 is 19.4 Å². The van der Waals surface area contributed by atoms with Crippen molar-refractivity contribution >= 4 is 33.3 Å². The Hall–Kier alpha value is -1.77. The van der Waals surface area contributed by atoms with E-state index in [-0.39, 0.29) is 11.8 Å². The van der Waals surface area contributed by atoms with Gasteiger partial charge in [-0.05, 0) is 56.2 Å². The predicted octanol–water partition coefficient (Wildman–Crippen LogP) is 3.85. The van der Waals surface area contributed by atoms with Crippen LogP contribution in [0.5, 0.6) is 0 Å². The van der Waals surface area contributed by atoms with Gasteiger partial charge in [-0.2, -0.15) is 0 Å². The summed E-state index contributed by atoms with van der Waals surface area (Å²) in [5.41, 5.74) is 1.09. The summed E-state index contributed by atoms with van der Waals surface area (Å²) < 4.78 is 6.02. The Morgan fingerprint density at radius 3 is 2.56 bits per heavy atom. The zero-order chi connectivity index (χ0) is 22.7. The van der Waals surface area contributed by atoms with E-state index in [1.165, 1.54) is 37.3 Å². The lowest BCUT2D eigenvalue weighted by molar-refractivity contribution is 0.0753. The zero-order valence-corrected chi connectivity index (χ0v) is 20.8. The van der Waals surface area contributed by atoms with Crippen LogP contribution in [0, 0.1) is 5.92 Å². The van der Waals surface area contributed by atoms with Crippen molar-refractivity contribution in [1.29, 1.82) is 0 Å². The number of fused-ring (bicyclic) bond motifs is 1. The predicted molar refractivity (Wildman–Crippen MR) is 131 cm³/mol. The monoisotopic (exact) mass is 459 g/mol. The molecule has 2 aliphatic rings. The van der Waals surface area contributed by atoms with Crippen LogP contribution in [0.2, 0.25) is 0 Å². The average Bonchev–Trinajstić information content (AvgIpc) is 3.44. The van der Waals surface area contributed by atoms with Gasteiger partial charge in [-0.15, -0.1) is 11.3 Å². The number of hydrogen-bond donors (Lipinski definition) is 0. The maximum Gasteiger partial charge on any atom is 0.263 e. The van der Waals surface area contributed by atoms with Crippen LogP contribution in [0.3, 0.4) is 0 Å². The molecule has 176 valence electrons. The fraction of sp³-hybridized carbons (Fsp3) is 0.708. The minimum absolute atomic E-state index is 0.0486. The molecule has 0 bridgehead atoms. The van der Waals surface area contributed by atoms with Crippen molar-refractivity contribution in [2.45, 2.75) is 45.4 Å². The summed E-state index contributed by atoms with van der Waals surface area (Å²) in [7, 11) is 3.61. The lowest BCUT2D eigenvalue weighted by Gasteiger charge is -2.33. The molecular weight excluding hydrogens is 422 g/mol. The number of thiophene rings is 1. The molecule has 2 fully saturated rings. The molecule has 2 aromatic heterocycles. The molecule has 2 aliphatic heterocycles. The third-order valence-electron chi connectivity index (χ3n) is 6.70. The number of carbonyl (C=O) groups excluding carboxylic acids is 1. The van der Waals surface area contributed by atoms with Crippen molar-refractivity contribution in [2.24, 2.45) is 5.92 Å². The van der Waals surface area contributed by atoms with E-state index in [9.17, 15) is 4.79 Å². The number of rotatable bonds is 8. The molecule has 0 saturated carbocycles. The highest BCUT2D eigenvalue weighted by Gasteiger charge is 2.28. The molecule has 0 aromatic carbocycles. The molecule has 0 spiro atoms. The van der Waals surface area contributed by atoms with Crippen molar-refractivity contribution in [1.82, 2.24) is 19.8 Å². The number of piperidine rings is 1. The summed E-state index contributed by atoms with van der Waals surface area (Å²) >= 11 is 1.50. The molecule has 4 heterocycles. The van der Waals surface area contributed by atoms with E-state index in [4.69, 9.17) is 9.72 Å². The lowest BCUT2D eigenvalue weighted by atomic mass is 9.96. The van der Waals surface area contributed by atoms with Gasteiger partial charge in [0.05, 0.1) is 16.9 Å². The van der Waals surface area contributed by atoms with Crippen LogP contribution >= 0.6 is 11.3 Å². The summed E-state index contributed by atoms with van der Waals surface area (Å²) in [5, 5.41) is 1.07. The highest BCUT2D eigenvalue weighted by atomic mass is 32.1. The molecule has 1 amide bonds. The van der Waals surface area contributed by atoms with Crippen LogP contribution in [0.1, 0.15) is 60.7 Å². The van der Waals surface area contributed by atoms with Crippen LogP contribution in [0.15, 0.2) is 6.33 Å². The second kappa shape index (κ2) is 10.4. The van der Waals surface area contributed by atoms with Crippen LogP contribution in [-0.2, 0) is 4.74 Å². The number of aromatic nitrogens is 2. The molecule has 2 aromatic rings. The highest BCUT2D eigenvalue weighted by molar-refractivity contribution is 7.20. The molecule has 8 heteroatoms. The smallest absolute Gasteiger partial charge is 0.263 e. The fourth-order valence-corrected chi connectivity index (χ4v) is 6.17. The van der Waals surface area contributed by atoms with Crippen molar-refractivity contribution < 1.29 is 9.53 Å². The number of likely N-dealkylation sites (tertiary alicyclic amines) is 1. The molecule has 0 atom stereocenters. The molecule has 32 heavy (non-hydrogen) atoms. The van der Waals surface area contributed by atoms with E-state index in [1.807, 2.05) is 0 Å². The zero-order valence-electron chi connectivity index (χ0n) is 20.0. The number of carbonyl (C=O) groups is 1. The van der Waals surface area contributed by atoms with Crippen LogP contribution in [0.25, 0.3) is 10.2 Å². The number of nitrogens with zero attached hydrogens (tertiary/aromatic N) is 5. The van der Waals surface area contributed by atoms with Gasteiger partial charge in [0, 0.05) is 40.3 Å². The average molecular weight is 460 g/mol. The van der Waals surface area contributed by atoms with Gasteiger partial charge in [-0.3, -0.25) is 4.79 Å². The quantitative estimate of drug-likeness (QED) is 0.559. The van der Waals surface area contributed by atoms with Gasteiger partial charge in [-0.1, -0.05) is 13.8 Å². The first-order chi connectivity index (χ1) is 15.5. The second-order valence-electron chi connectivity index (χ2n) is 9.63. The molecule has 0 aliphatic carbocycles. The highest BCUT2D eigenvalue weighted by Crippen LogP contribution is 2.40. The van der Waals surface area contributed by atoms with Gasteiger partial charge in [-0.25, -0.2) is 9.97 Å². The Morgan fingerprint density at radius 2 is 1.91 bits per heavy atom. The number of hydrogen-bond acceptors (Lipinski definition) is 7. The standard InChI is InChI=1S/C24H37N5O2S/c1-17(2)19-20-22(25-16-26-23(20)32-21(19)24(30)27(3)4)29-11-7-18(8-12-29)15-31-14-13-28-9-5-6-10-28/h16-18H,5-15H2,1-4H3. The number of ether oxygens (including phenoxy) is 1. The lowest BCUT2D eigenvalue weighted by Crippen LogP contribution is -2.36. The Balaban J connectivity index is 1.42. The number of anilines is 1. The van der Waals surface area contributed by atoms with Crippen LogP contribution < -0.4 is 4.90 Å². The maximum atomic E-state index is 12.8. The summed E-state index contributed by atoms with van der Waals surface area (Å²) in [6.07, 6.45) is 6.54. The second-order valence-corrected chi connectivity index (χ2v) is 10.6. The van der Waals surface area contributed by atoms with Gasteiger partial charge in [0.1, 0.15) is 17.0 Å². The van der Waals surface area contributed by atoms with Crippen LogP contribution in [-0.4, -0.2) is 85.7 Å². The molecule has 0 N–H and O–H groups in total. The van der Waals surface area contributed by atoms with Gasteiger partial charge in [0.15, 0.2) is 0 Å².